The van der Waals surface area contributed by atoms with Crippen LogP contribution in [0.3, 0.4) is 0 Å². The van der Waals surface area contributed by atoms with Gasteiger partial charge in [0.1, 0.15) is 11.6 Å². The van der Waals surface area contributed by atoms with Crippen LogP contribution in [-0.2, 0) is 6.54 Å². The minimum atomic E-state index is -0.483. The SMILES string of the molecule is COc1ccccc1CNC(=O)NC(C)c1ccc(F)c(Cl)c1. The van der Waals surface area contributed by atoms with Crippen molar-refractivity contribution in [2.45, 2.75) is 19.5 Å². The quantitative estimate of drug-likeness (QED) is 0.865. The molecule has 4 nitrogen and oxygen atoms in total. The van der Waals surface area contributed by atoms with Crippen LogP contribution in [0.5, 0.6) is 5.75 Å². The molecule has 0 fully saturated rings. The van der Waals surface area contributed by atoms with Gasteiger partial charge in [0.05, 0.1) is 18.2 Å². The number of halogens is 2. The predicted octanol–water partition coefficient (Wildman–Crippen LogP) is 4.05. The maximum atomic E-state index is 13.2. The number of ether oxygens (including phenoxy) is 1. The summed E-state index contributed by atoms with van der Waals surface area (Å²) >= 11 is 5.75. The number of urea groups is 1. The van der Waals surface area contributed by atoms with E-state index in [1.54, 1.807) is 20.1 Å². The van der Waals surface area contributed by atoms with Gasteiger partial charge >= 0.3 is 6.03 Å². The first-order valence-electron chi connectivity index (χ1n) is 7.12. The molecule has 6 heteroatoms. The fraction of sp³-hybridized carbons (Fsp3) is 0.235. The van der Waals surface area contributed by atoms with E-state index in [0.717, 1.165) is 11.1 Å². The number of benzene rings is 2. The summed E-state index contributed by atoms with van der Waals surface area (Å²) in [5.74, 6) is 0.231. The summed E-state index contributed by atoms with van der Waals surface area (Å²) in [4.78, 5) is 12.0. The second-order valence-corrected chi connectivity index (χ2v) is 5.44. The topological polar surface area (TPSA) is 50.4 Å². The Labute approximate surface area is 139 Å². The molecule has 0 bridgehead atoms. The number of methoxy groups -OCH3 is 1. The molecular weight excluding hydrogens is 319 g/mol. The molecule has 0 aliphatic rings. The van der Waals surface area contributed by atoms with Crippen LogP contribution in [0.2, 0.25) is 5.02 Å². The molecule has 0 aliphatic carbocycles. The Morgan fingerprint density at radius 1 is 1.30 bits per heavy atom. The minimum absolute atomic E-state index is 0.0329. The molecule has 0 saturated heterocycles. The normalized spacial score (nSPS) is 11.7. The molecule has 0 aliphatic heterocycles. The molecule has 2 aromatic carbocycles. The zero-order valence-corrected chi connectivity index (χ0v) is 13.7. The molecule has 0 saturated carbocycles. The lowest BCUT2D eigenvalue weighted by molar-refractivity contribution is 0.237. The highest BCUT2D eigenvalue weighted by atomic mass is 35.5. The number of carbonyl (C=O) groups is 1. The highest BCUT2D eigenvalue weighted by Gasteiger charge is 2.11. The van der Waals surface area contributed by atoms with Gasteiger partial charge < -0.3 is 15.4 Å². The van der Waals surface area contributed by atoms with E-state index in [1.807, 2.05) is 24.3 Å². The van der Waals surface area contributed by atoms with Crippen molar-refractivity contribution in [3.8, 4) is 5.75 Å². The summed E-state index contributed by atoms with van der Waals surface area (Å²) in [5, 5.41) is 5.57. The van der Waals surface area contributed by atoms with Crippen molar-refractivity contribution in [3.63, 3.8) is 0 Å². The lowest BCUT2D eigenvalue weighted by atomic mass is 10.1. The minimum Gasteiger partial charge on any atom is -0.496 e. The van der Waals surface area contributed by atoms with E-state index in [9.17, 15) is 9.18 Å². The highest BCUT2D eigenvalue weighted by Crippen LogP contribution is 2.21. The van der Waals surface area contributed by atoms with Gasteiger partial charge in [-0.3, -0.25) is 0 Å². The molecule has 2 rings (SSSR count). The third kappa shape index (κ3) is 4.60. The Balaban J connectivity index is 1.92. The van der Waals surface area contributed by atoms with E-state index in [1.165, 1.54) is 12.1 Å². The summed E-state index contributed by atoms with van der Waals surface area (Å²) in [6.07, 6.45) is 0. The summed E-state index contributed by atoms with van der Waals surface area (Å²) in [6.45, 7) is 2.14. The number of rotatable bonds is 5. The van der Waals surface area contributed by atoms with E-state index in [-0.39, 0.29) is 17.1 Å². The fourth-order valence-electron chi connectivity index (χ4n) is 2.14. The number of hydrogen-bond donors (Lipinski definition) is 2. The Morgan fingerprint density at radius 2 is 2.04 bits per heavy atom. The number of para-hydroxylation sites is 1. The van der Waals surface area contributed by atoms with Crippen molar-refractivity contribution >= 4 is 17.6 Å². The predicted molar refractivity (Wildman–Crippen MR) is 88.2 cm³/mol. The molecule has 2 N–H and O–H groups in total. The summed E-state index contributed by atoms with van der Waals surface area (Å²) in [5.41, 5.74) is 1.60. The van der Waals surface area contributed by atoms with Crippen LogP contribution in [0.4, 0.5) is 9.18 Å². The fourth-order valence-corrected chi connectivity index (χ4v) is 2.33. The zero-order valence-electron chi connectivity index (χ0n) is 12.9. The summed E-state index contributed by atoms with van der Waals surface area (Å²) in [6, 6.07) is 11.2. The first-order chi connectivity index (χ1) is 11.0. The van der Waals surface area contributed by atoms with Crippen LogP contribution in [0, 0.1) is 5.82 Å². The van der Waals surface area contributed by atoms with Crippen molar-refractivity contribution in [2.24, 2.45) is 0 Å². The molecule has 0 spiro atoms. The number of amides is 2. The van der Waals surface area contributed by atoms with Gasteiger partial charge in [-0.15, -0.1) is 0 Å². The van der Waals surface area contributed by atoms with E-state index < -0.39 is 5.82 Å². The molecule has 1 atom stereocenters. The third-order valence-corrected chi connectivity index (χ3v) is 3.71. The molecule has 122 valence electrons. The van der Waals surface area contributed by atoms with E-state index in [0.29, 0.717) is 12.3 Å². The van der Waals surface area contributed by atoms with E-state index in [4.69, 9.17) is 16.3 Å². The largest absolute Gasteiger partial charge is 0.496 e. The van der Waals surface area contributed by atoms with Gasteiger partial charge in [-0.25, -0.2) is 9.18 Å². The van der Waals surface area contributed by atoms with Gasteiger partial charge in [0.25, 0.3) is 0 Å². The van der Waals surface area contributed by atoms with Crippen LogP contribution in [0.15, 0.2) is 42.5 Å². The standard InChI is InChI=1S/C17H18ClFN2O2/c1-11(12-7-8-15(19)14(18)9-12)21-17(22)20-10-13-5-3-4-6-16(13)23-2/h3-9,11H,10H2,1-2H3,(H2,20,21,22). The van der Waals surface area contributed by atoms with Gasteiger partial charge in [0.2, 0.25) is 0 Å². The Hall–Kier alpha value is -2.27. The van der Waals surface area contributed by atoms with Crippen molar-refractivity contribution < 1.29 is 13.9 Å². The van der Waals surface area contributed by atoms with E-state index >= 15 is 0 Å². The van der Waals surface area contributed by atoms with Crippen molar-refractivity contribution in [1.82, 2.24) is 10.6 Å². The number of carbonyl (C=O) groups excluding carboxylic acids is 1. The summed E-state index contributed by atoms with van der Waals surface area (Å²) in [7, 11) is 1.58. The third-order valence-electron chi connectivity index (χ3n) is 3.42. The molecule has 0 radical (unpaired) electrons. The lowest BCUT2D eigenvalue weighted by Gasteiger charge is -2.16. The molecule has 2 amide bonds. The lowest BCUT2D eigenvalue weighted by Crippen LogP contribution is -2.36. The van der Waals surface area contributed by atoms with Gasteiger partial charge in [-0.1, -0.05) is 35.9 Å². The van der Waals surface area contributed by atoms with Crippen LogP contribution < -0.4 is 15.4 Å². The van der Waals surface area contributed by atoms with E-state index in [2.05, 4.69) is 10.6 Å². The van der Waals surface area contributed by atoms with Crippen LogP contribution in [-0.4, -0.2) is 13.1 Å². The van der Waals surface area contributed by atoms with Gasteiger partial charge in [0.15, 0.2) is 0 Å². The number of nitrogens with one attached hydrogen (secondary N) is 2. The molecule has 0 aromatic heterocycles. The first kappa shape index (κ1) is 17.1. The Bertz CT molecular complexity index is 694. The Kier molecular flexibility index (Phi) is 5.82. The molecule has 23 heavy (non-hydrogen) atoms. The van der Waals surface area contributed by atoms with Crippen LogP contribution in [0.1, 0.15) is 24.1 Å². The van der Waals surface area contributed by atoms with Crippen molar-refractivity contribution in [3.05, 3.63) is 64.4 Å². The van der Waals surface area contributed by atoms with Crippen LogP contribution in [0.25, 0.3) is 0 Å². The second-order valence-electron chi connectivity index (χ2n) is 5.03. The summed E-state index contributed by atoms with van der Waals surface area (Å²) < 4.78 is 18.4. The van der Waals surface area contributed by atoms with Gasteiger partial charge in [0, 0.05) is 12.1 Å². The molecule has 0 heterocycles. The second kappa shape index (κ2) is 7.83. The van der Waals surface area contributed by atoms with Gasteiger partial charge in [-0.2, -0.15) is 0 Å². The zero-order chi connectivity index (χ0) is 16.8. The maximum Gasteiger partial charge on any atom is 0.315 e. The van der Waals surface area contributed by atoms with Crippen molar-refractivity contribution in [2.75, 3.05) is 7.11 Å². The molecule has 1 unspecified atom stereocenters. The van der Waals surface area contributed by atoms with Gasteiger partial charge in [-0.05, 0) is 30.7 Å². The highest BCUT2D eigenvalue weighted by molar-refractivity contribution is 6.30. The average molecular weight is 337 g/mol. The average Bonchev–Trinajstić information content (AvgIpc) is 2.55. The number of hydrogen-bond acceptors (Lipinski definition) is 2. The maximum absolute atomic E-state index is 13.2. The smallest absolute Gasteiger partial charge is 0.315 e. The monoisotopic (exact) mass is 336 g/mol. The molecule has 2 aromatic rings. The van der Waals surface area contributed by atoms with Crippen LogP contribution >= 0.6 is 11.6 Å². The van der Waals surface area contributed by atoms with Crippen molar-refractivity contribution in [1.29, 1.82) is 0 Å². The Morgan fingerprint density at radius 3 is 2.74 bits per heavy atom. The molecular formula is C17H18ClFN2O2. The first-order valence-corrected chi connectivity index (χ1v) is 7.50.